The SMILES string of the molecule is CC(=O)C(CC1CCCO1)C(C)C. The molecule has 0 amide bonds. The van der Waals surface area contributed by atoms with E-state index in [1.807, 2.05) is 0 Å². The lowest BCUT2D eigenvalue weighted by Gasteiger charge is -2.20. The molecule has 1 aliphatic rings. The van der Waals surface area contributed by atoms with Crippen molar-refractivity contribution in [3.05, 3.63) is 0 Å². The standard InChI is InChI=1S/C11H20O2/c1-8(2)11(9(3)12)7-10-5-4-6-13-10/h8,10-11H,4-7H2,1-3H3. The van der Waals surface area contributed by atoms with Crippen molar-refractivity contribution >= 4 is 5.78 Å². The van der Waals surface area contributed by atoms with Crippen molar-refractivity contribution in [2.45, 2.75) is 46.1 Å². The number of carbonyl (C=O) groups is 1. The van der Waals surface area contributed by atoms with Gasteiger partial charge in [0.15, 0.2) is 0 Å². The summed E-state index contributed by atoms with van der Waals surface area (Å²) in [6.45, 7) is 6.80. The van der Waals surface area contributed by atoms with Crippen LogP contribution >= 0.6 is 0 Å². The highest BCUT2D eigenvalue weighted by Gasteiger charge is 2.25. The maximum absolute atomic E-state index is 11.3. The molecule has 13 heavy (non-hydrogen) atoms. The Bertz CT molecular complexity index is 169. The van der Waals surface area contributed by atoms with Crippen molar-refractivity contribution in [2.75, 3.05) is 6.61 Å². The number of Topliss-reactive ketones (excluding diaryl/α,β-unsaturated/α-hetero) is 1. The van der Waals surface area contributed by atoms with Crippen LogP contribution in [0.2, 0.25) is 0 Å². The van der Waals surface area contributed by atoms with E-state index in [0.29, 0.717) is 17.8 Å². The van der Waals surface area contributed by atoms with E-state index < -0.39 is 0 Å². The summed E-state index contributed by atoms with van der Waals surface area (Å²) in [7, 11) is 0. The van der Waals surface area contributed by atoms with Crippen molar-refractivity contribution < 1.29 is 9.53 Å². The van der Waals surface area contributed by atoms with Gasteiger partial charge in [-0.3, -0.25) is 4.79 Å². The van der Waals surface area contributed by atoms with E-state index >= 15 is 0 Å². The third-order valence-corrected chi connectivity index (χ3v) is 2.87. The molecule has 1 rings (SSSR count). The maximum Gasteiger partial charge on any atom is 0.133 e. The molecule has 2 nitrogen and oxygen atoms in total. The molecule has 1 saturated heterocycles. The van der Waals surface area contributed by atoms with Gasteiger partial charge in [-0.25, -0.2) is 0 Å². The molecule has 0 N–H and O–H groups in total. The zero-order chi connectivity index (χ0) is 9.84. The summed E-state index contributed by atoms with van der Waals surface area (Å²) in [5, 5.41) is 0. The van der Waals surface area contributed by atoms with Crippen molar-refractivity contribution in [1.29, 1.82) is 0 Å². The Labute approximate surface area is 80.7 Å². The van der Waals surface area contributed by atoms with Crippen LogP contribution in [0.25, 0.3) is 0 Å². The topological polar surface area (TPSA) is 26.3 Å². The number of hydrogen-bond donors (Lipinski definition) is 0. The lowest BCUT2D eigenvalue weighted by Crippen LogP contribution is -2.23. The van der Waals surface area contributed by atoms with Gasteiger partial charge in [0.1, 0.15) is 5.78 Å². The van der Waals surface area contributed by atoms with E-state index in [0.717, 1.165) is 25.9 Å². The molecule has 1 aliphatic heterocycles. The Morgan fingerprint density at radius 2 is 2.23 bits per heavy atom. The monoisotopic (exact) mass is 184 g/mol. The molecule has 2 atom stereocenters. The highest BCUT2D eigenvalue weighted by atomic mass is 16.5. The molecule has 0 aromatic heterocycles. The Kier molecular flexibility index (Phi) is 3.91. The fourth-order valence-corrected chi connectivity index (χ4v) is 2.02. The molecule has 0 aliphatic carbocycles. The van der Waals surface area contributed by atoms with E-state index in [-0.39, 0.29) is 5.92 Å². The van der Waals surface area contributed by atoms with Gasteiger partial charge in [0, 0.05) is 12.5 Å². The van der Waals surface area contributed by atoms with Crippen LogP contribution in [0.4, 0.5) is 0 Å². The summed E-state index contributed by atoms with van der Waals surface area (Å²) in [6, 6.07) is 0. The molecule has 2 heteroatoms. The van der Waals surface area contributed by atoms with Crippen LogP contribution in [-0.4, -0.2) is 18.5 Å². The molecule has 1 fully saturated rings. The second-order valence-corrected chi connectivity index (χ2v) is 4.33. The van der Waals surface area contributed by atoms with Crippen LogP contribution in [0.3, 0.4) is 0 Å². The largest absolute Gasteiger partial charge is 0.378 e. The van der Waals surface area contributed by atoms with Crippen molar-refractivity contribution in [3.8, 4) is 0 Å². The van der Waals surface area contributed by atoms with Gasteiger partial charge in [0.05, 0.1) is 6.10 Å². The predicted molar refractivity (Wildman–Crippen MR) is 52.6 cm³/mol. The summed E-state index contributed by atoms with van der Waals surface area (Å²) in [5.74, 6) is 0.954. The summed E-state index contributed by atoms with van der Waals surface area (Å²) in [4.78, 5) is 11.3. The molecular weight excluding hydrogens is 164 g/mol. The van der Waals surface area contributed by atoms with Crippen LogP contribution in [0, 0.1) is 11.8 Å². The Hall–Kier alpha value is -0.370. The van der Waals surface area contributed by atoms with E-state index in [4.69, 9.17) is 4.74 Å². The van der Waals surface area contributed by atoms with E-state index in [9.17, 15) is 4.79 Å². The molecule has 2 unspecified atom stereocenters. The van der Waals surface area contributed by atoms with Crippen LogP contribution < -0.4 is 0 Å². The van der Waals surface area contributed by atoms with E-state index in [1.54, 1.807) is 6.92 Å². The average Bonchev–Trinajstić information content (AvgIpc) is 2.50. The molecule has 0 bridgehead atoms. The smallest absolute Gasteiger partial charge is 0.133 e. The molecule has 0 aromatic rings. The fraction of sp³-hybridized carbons (Fsp3) is 0.909. The lowest BCUT2D eigenvalue weighted by molar-refractivity contribution is -0.123. The van der Waals surface area contributed by atoms with Crippen LogP contribution in [0.5, 0.6) is 0 Å². The molecule has 0 aromatic carbocycles. The van der Waals surface area contributed by atoms with Gasteiger partial charge in [0.2, 0.25) is 0 Å². The predicted octanol–water partition coefficient (Wildman–Crippen LogP) is 2.42. The van der Waals surface area contributed by atoms with Gasteiger partial charge >= 0.3 is 0 Å². The number of rotatable bonds is 4. The minimum absolute atomic E-state index is 0.197. The number of carbonyl (C=O) groups excluding carboxylic acids is 1. The first-order chi connectivity index (χ1) is 6.11. The van der Waals surface area contributed by atoms with Gasteiger partial charge in [-0.2, -0.15) is 0 Å². The number of hydrogen-bond acceptors (Lipinski definition) is 2. The van der Waals surface area contributed by atoms with Crippen molar-refractivity contribution in [3.63, 3.8) is 0 Å². The quantitative estimate of drug-likeness (QED) is 0.670. The van der Waals surface area contributed by atoms with Gasteiger partial charge < -0.3 is 4.74 Å². The van der Waals surface area contributed by atoms with E-state index in [1.165, 1.54) is 0 Å². The molecular formula is C11H20O2. The van der Waals surface area contributed by atoms with Crippen LogP contribution in [0.15, 0.2) is 0 Å². The first-order valence-corrected chi connectivity index (χ1v) is 5.23. The Balaban J connectivity index is 2.41. The van der Waals surface area contributed by atoms with Gasteiger partial charge in [0.25, 0.3) is 0 Å². The number of ketones is 1. The third kappa shape index (κ3) is 3.11. The first kappa shape index (κ1) is 10.7. The summed E-state index contributed by atoms with van der Waals surface area (Å²) < 4.78 is 5.53. The zero-order valence-electron chi connectivity index (χ0n) is 8.88. The normalized spacial score (nSPS) is 25.1. The molecule has 76 valence electrons. The van der Waals surface area contributed by atoms with Gasteiger partial charge in [-0.15, -0.1) is 0 Å². The highest BCUT2D eigenvalue weighted by Crippen LogP contribution is 2.24. The third-order valence-electron chi connectivity index (χ3n) is 2.87. The number of ether oxygens (including phenoxy) is 1. The molecule has 0 spiro atoms. The molecule has 1 heterocycles. The average molecular weight is 184 g/mol. The Morgan fingerprint density at radius 1 is 1.54 bits per heavy atom. The minimum Gasteiger partial charge on any atom is -0.378 e. The maximum atomic E-state index is 11.3. The van der Waals surface area contributed by atoms with E-state index in [2.05, 4.69) is 13.8 Å². The second-order valence-electron chi connectivity index (χ2n) is 4.33. The Morgan fingerprint density at radius 3 is 2.62 bits per heavy atom. The van der Waals surface area contributed by atoms with Crippen LogP contribution in [-0.2, 0) is 9.53 Å². The molecule has 0 radical (unpaired) electrons. The van der Waals surface area contributed by atoms with Crippen molar-refractivity contribution in [2.24, 2.45) is 11.8 Å². The summed E-state index contributed by atoms with van der Waals surface area (Å²) in [6.07, 6.45) is 3.56. The second kappa shape index (κ2) is 4.75. The first-order valence-electron chi connectivity index (χ1n) is 5.23. The summed E-state index contributed by atoms with van der Waals surface area (Å²) in [5.41, 5.74) is 0. The zero-order valence-corrected chi connectivity index (χ0v) is 8.88. The minimum atomic E-state index is 0.197. The van der Waals surface area contributed by atoms with Gasteiger partial charge in [-0.05, 0) is 32.1 Å². The highest BCUT2D eigenvalue weighted by molar-refractivity contribution is 5.78. The molecule has 0 saturated carbocycles. The fourth-order valence-electron chi connectivity index (χ4n) is 2.02. The lowest BCUT2D eigenvalue weighted by atomic mass is 9.86. The van der Waals surface area contributed by atoms with Crippen LogP contribution in [0.1, 0.15) is 40.0 Å². The summed E-state index contributed by atoms with van der Waals surface area (Å²) >= 11 is 0. The van der Waals surface area contributed by atoms with Gasteiger partial charge in [-0.1, -0.05) is 13.8 Å². The van der Waals surface area contributed by atoms with Crippen molar-refractivity contribution in [1.82, 2.24) is 0 Å².